The van der Waals surface area contributed by atoms with Crippen molar-refractivity contribution in [2.75, 3.05) is 5.73 Å². The number of carboxylic acid groups (broad SMARTS) is 1. The zero-order valence-corrected chi connectivity index (χ0v) is 13.4. The van der Waals surface area contributed by atoms with E-state index < -0.39 is 5.97 Å². The van der Waals surface area contributed by atoms with Crippen molar-refractivity contribution in [3.8, 4) is 0 Å². The van der Waals surface area contributed by atoms with Gasteiger partial charge in [-0.2, -0.15) is 0 Å². The third kappa shape index (κ3) is 3.69. The number of carboxylic acids is 1. The molecule has 104 valence electrons. The van der Waals surface area contributed by atoms with Crippen LogP contribution in [0.25, 0.3) is 0 Å². The Morgan fingerprint density at radius 2 is 2.05 bits per heavy atom. The lowest BCUT2D eigenvalue weighted by Crippen LogP contribution is -1.97. The number of carbonyl (C=O) groups is 1. The Hall–Kier alpha value is -1.17. The SMILES string of the molecule is Nc1cc(Cl)ccc1SCc1ccc(C(=O)O)cc1Br. The molecule has 0 aliphatic heterocycles. The third-order valence-corrected chi connectivity index (χ3v) is 4.77. The quantitative estimate of drug-likeness (QED) is 0.604. The summed E-state index contributed by atoms with van der Waals surface area (Å²) in [6.07, 6.45) is 0. The van der Waals surface area contributed by atoms with E-state index in [4.69, 9.17) is 22.4 Å². The van der Waals surface area contributed by atoms with E-state index in [2.05, 4.69) is 15.9 Å². The van der Waals surface area contributed by atoms with Gasteiger partial charge >= 0.3 is 5.97 Å². The highest BCUT2D eigenvalue weighted by atomic mass is 79.9. The van der Waals surface area contributed by atoms with Crippen molar-refractivity contribution in [3.05, 3.63) is 57.0 Å². The van der Waals surface area contributed by atoms with Gasteiger partial charge in [0.2, 0.25) is 0 Å². The monoisotopic (exact) mass is 371 g/mol. The maximum atomic E-state index is 10.9. The highest BCUT2D eigenvalue weighted by molar-refractivity contribution is 9.10. The molecular formula is C14H11BrClNO2S. The van der Waals surface area contributed by atoms with Crippen molar-refractivity contribution in [2.45, 2.75) is 10.6 Å². The van der Waals surface area contributed by atoms with Crippen molar-refractivity contribution in [1.82, 2.24) is 0 Å². The standard InChI is InChI=1S/C14H11BrClNO2S/c15-11-5-8(14(18)19)1-2-9(11)7-20-13-4-3-10(16)6-12(13)17/h1-6H,7,17H2,(H,18,19). The minimum Gasteiger partial charge on any atom is -0.478 e. The molecule has 0 atom stereocenters. The van der Waals surface area contributed by atoms with Crippen LogP contribution in [0, 0.1) is 0 Å². The molecule has 0 radical (unpaired) electrons. The number of aromatic carboxylic acids is 1. The summed E-state index contributed by atoms with van der Waals surface area (Å²) in [4.78, 5) is 11.8. The average molecular weight is 373 g/mol. The fourth-order valence-electron chi connectivity index (χ4n) is 1.60. The number of anilines is 1. The van der Waals surface area contributed by atoms with Gasteiger partial charge in [-0.3, -0.25) is 0 Å². The van der Waals surface area contributed by atoms with E-state index in [9.17, 15) is 4.79 Å². The molecular weight excluding hydrogens is 362 g/mol. The Kier molecular flexibility index (Phi) is 4.96. The summed E-state index contributed by atoms with van der Waals surface area (Å²) in [7, 11) is 0. The summed E-state index contributed by atoms with van der Waals surface area (Å²) >= 11 is 10.8. The Labute approximate surface area is 134 Å². The molecule has 0 spiro atoms. The number of hydrogen-bond donors (Lipinski definition) is 2. The Morgan fingerprint density at radius 3 is 2.65 bits per heavy atom. The summed E-state index contributed by atoms with van der Waals surface area (Å²) in [6.45, 7) is 0. The molecule has 2 aromatic rings. The van der Waals surface area contributed by atoms with E-state index in [-0.39, 0.29) is 5.56 Å². The number of thioether (sulfide) groups is 1. The van der Waals surface area contributed by atoms with Crippen LogP contribution in [0.15, 0.2) is 45.8 Å². The maximum absolute atomic E-state index is 10.9. The molecule has 0 heterocycles. The van der Waals surface area contributed by atoms with E-state index in [0.717, 1.165) is 14.9 Å². The van der Waals surface area contributed by atoms with Crippen LogP contribution in [-0.2, 0) is 5.75 Å². The van der Waals surface area contributed by atoms with E-state index in [0.29, 0.717) is 16.5 Å². The second kappa shape index (κ2) is 6.52. The van der Waals surface area contributed by atoms with Crippen LogP contribution >= 0.6 is 39.3 Å². The molecule has 0 saturated heterocycles. The van der Waals surface area contributed by atoms with Crippen LogP contribution in [0.4, 0.5) is 5.69 Å². The number of halogens is 2. The van der Waals surface area contributed by atoms with Crippen LogP contribution in [-0.4, -0.2) is 11.1 Å². The molecule has 0 amide bonds. The van der Waals surface area contributed by atoms with Crippen LogP contribution in [0.2, 0.25) is 5.02 Å². The normalized spacial score (nSPS) is 10.5. The van der Waals surface area contributed by atoms with E-state index in [1.807, 2.05) is 6.07 Å². The Balaban J connectivity index is 2.13. The van der Waals surface area contributed by atoms with E-state index >= 15 is 0 Å². The van der Waals surface area contributed by atoms with Crippen molar-refractivity contribution >= 4 is 50.9 Å². The van der Waals surface area contributed by atoms with Gasteiger partial charge in [0.1, 0.15) is 0 Å². The average Bonchev–Trinajstić information content (AvgIpc) is 2.38. The predicted molar refractivity (Wildman–Crippen MR) is 86.5 cm³/mol. The van der Waals surface area contributed by atoms with Gasteiger partial charge in [0.05, 0.1) is 5.56 Å². The van der Waals surface area contributed by atoms with Gasteiger partial charge < -0.3 is 10.8 Å². The molecule has 0 aromatic heterocycles. The molecule has 0 fully saturated rings. The van der Waals surface area contributed by atoms with Crippen LogP contribution in [0.1, 0.15) is 15.9 Å². The molecule has 0 saturated carbocycles. The molecule has 0 aliphatic rings. The van der Waals surface area contributed by atoms with Gasteiger partial charge in [-0.1, -0.05) is 33.6 Å². The largest absolute Gasteiger partial charge is 0.478 e. The van der Waals surface area contributed by atoms with Gasteiger partial charge in [-0.25, -0.2) is 4.79 Å². The number of hydrogen-bond acceptors (Lipinski definition) is 3. The zero-order valence-electron chi connectivity index (χ0n) is 10.3. The van der Waals surface area contributed by atoms with Crippen LogP contribution in [0.5, 0.6) is 0 Å². The maximum Gasteiger partial charge on any atom is 0.335 e. The first-order chi connectivity index (χ1) is 9.47. The van der Waals surface area contributed by atoms with Crippen LogP contribution in [0.3, 0.4) is 0 Å². The second-order valence-electron chi connectivity index (χ2n) is 4.08. The zero-order chi connectivity index (χ0) is 14.7. The first-order valence-corrected chi connectivity index (χ1v) is 7.82. The molecule has 0 bridgehead atoms. The summed E-state index contributed by atoms with van der Waals surface area (Å²) in [5.41, 5.74) is 7.80. The molecule has 2 rings (SSSR count). The van der Waals surface area contributed by atoms with E-state index in [1.165, 1.54) is 0 Å². The highest BCUT2D eigenvalue weighted by Crippen LogP contribution is 2.32. The molecule has 0 unspecified atom stereocenters. The molecule has 3 N–H and O–H groups in total. The minimum atomic E-state index is -0.938. The summed E-state index contributed by atoms with van der Waals surface area (Å²) in [6, 6.07) is 10.4. The van der Waals surface area contributed by atoms with Gasteiger partial charge in [0, 0.05) is 25.8 Å². The van der Waals surface area contributed by atoms with Crippen molar-refractivity contribution in [3.63, 3.8) is 0 Å². The fourth-order valence-corrected chi connectivity index (χ4v) is 3.44. The highest BCUT2D eigenvalue weighted by Gasteiger charge is 2.08. The number of nitrogen functional groups attached to an aromatic ring is 1. The molecule has 2 aromatic carbocycles. The van der Waals surface area contributed by atoms with Crippen LogP contribution < -0.4 is 5.73 Å². The summed E-state index contributed by atoms with van der Waals surface area (Å²) in [5, 5.41) is 9.53. The van der Waals surface area contributed by atoms with Crippen molar-refractivity contribution < 1.29 is 9.90 Å². The third-order valence-electron chi connectivity index (χ3n) is 2.66. The topological polar surface area (TPSA) is 63.3 Å². The lowest BCUT2D eigenvalue weighted by Gasteiger charge is -2.08. The van der Waals surface area contributed by atoms with E-state index in [1.54, 1.807) is 42.1 Å². The molecule has 20 heavy (non-hydrogen) atoms. The van der Waals surface area contributed by atoms with Crippen molar-refractivity contribution in [1.29, 1.82) is 0 Å². The summed E-state index contributed by atoms with van der Waals surface area (Å²) in [5.74, 6) is -0.251. The van der Waals surface area contributed by atoms with Gasteiger partial charge in [-0.05, 0) is 35.9 Å². The van der Waals surface area contributed by atoms with Crippen molar-refractivity contribution in [2.24, 2.45) is 0 Å². The second-order valence-corrected chi connectivity index (χ2v) is 6.39. The lowest BCUT2D eigenvalue weighted by molar-refractivity contribution is 0.0697. The molecule has 3 nitrogen and oxygen atoms in total. The van der Waals surface area contributed by atoms with Gasteiger partial charge in [-0.15, -0.1) is 11.8 Å². The first-order valence-electron chi connectivity index (χ1n) is 5.67. The predicted octanol–water partition coefficient (Wildman–Crippen LogP) is 4.68. The number of rotatable bonds is 4. The molecule has 0 aliphatic carbocycles. The Bertz CT molecular complexity index is 664. The Morgan fingerprint density at radius 1 is 1.30 bits per heavy atom. The lowest BCUT2D eigenvalue weighted by atomic mass is 10.1. The summed E-state index contributed by atoms with van der Waals surface area (Å²) < 4.78 is 0.775. The number of benzene rings is 2. The smallest absolute Gasteiger partial charge is 0.335 e. The first kappa shape index (κ1) is 15.2. The van der Waals surface area contributed by atoms with Gasteiger partial charge in [0.25, 0.3) is 0 Å². The van der Waals surface area contributed by atoms with Gasteiger partial charge in [0.15, 0.2) is 0 Å². The minimum absolute atomic E-state index is 0.261. The number of nitrogens with two attached hydrogens (primary N) is 1. The fraction of sp³-hybridized carbons (Fsp3) is 0.0714. The molecule has 6 heteroatoms.